The summed E-state index contributed by atoms with van der Waals surface area (Å²) in [5.74, 6) is 1.74. The summed E-state index contributed by atoms with van der Waals surface area (Å²) in [5, 5.41) is 3.02. The molecule has 1 aromatic heterocycles. The van der Waals surface area contributed by atoms with Gasteiger partial charge in [-0.05, 0) is 31.0 Å². The Kier molecular flexibility index (Phi) is 5.43. The number of nitrogens with one attached hydrogen (secondary N) is 1. The van der Waals surface area contributed by atoms with E-state index in [1.165, 1.54) is 5.56 Å². The molecule has 2 amide bonds. The average molecular weight is 381 g/mol. The van der Waals surface area contributed by atoms with Crippen molar-refractivity contribution < 1.29 is 9.53 Å². The van der Waals surface area contributed by atoms with Gasteiger partial charge in [0.25, 0.3) is 0 Å². The highest BCUT2D eigenvalue weighted by Gasteiger charge is 2.27. The van der Waals surface area contributed by atoms with Crippen molar-refractivity contribution in [3.8, 4) is 0 Å². The minimum Gasteiger partial charge on any atom is -0.378 e. The third-order valence-corrected chi connectivity index (χ3v) is 5.36. The van der Waals surface area contributed by atoms with E-state index < -0.39 is 0 Å². The summed E-state index contributed by atoms with van der Waals surface area (Å²) in [7, 11) is 0. The predicted octanol–water partition coefficient (Wildman–Crippen LogP) is 2.77. The van der Waals surface area contributed by atoms with Crippen LogP contribution in [0.15, 0.2) is 24.3 Å². The summed E-state index contributed by atoms with van der Waals surface area (Å²) in [6.07, 6.45) is 1.74. The first-order valence-electron chi connectivity index (χ1n) is 9.98. The number of anilines is 2. The van der Waals surface area contributed by atoms with Gasteiger partial charge in [-0.2, -0.15) is 0 Å². The van der Waals surface area contributed by atoms with E-state index in [9.17, 15) is 4.79 Å². The van der Waals surface area contributed by atoms with Crippen molar-refractivity contribution in [3.63, 3.8) is 0 Å². The number of urea groups is 1. The zero-order valence-electron chi connectivity index (χ0n) is 16.6. The molecule has 0 radical (unpaired) electrons. The van der Waals surface area contributed by atoms with Gasteiger partial charge in [-0.3, -0.25) is 0 Å². The number of hydrogen-bond acceptors (Lipinski definition) is 5. The van der Waals surface area contributed by atoms with Crippen molar-refractivity contribution in [2.24, 2.45) is 0 Å². The molecule has 0 unspecified atom stereocenters. The molecule has 1 saturated heterocycles. The summed E-state index contributed by atoms with van der Waals surface area (Å²) in [6, 6.07) is 7.94. The number of benzene rings is 1. The number of rotatable bonds is 3. The van der Waals surface area contributed by atoms with Crippen molar-refractivity contribution in [1.29, 1.82) is 0 Å². The molecule has 0 spiro atoms. The Morgan fingerprint density at radius 1 is 1.14 bits per heavy atom. The quantitative estimate of drug-likeness (QED) is 0.885. The van der Waals surface area contributed by atoms with Gasteiger partial charge in [0, 0.05) is 37.3 Å². The first-order chi connectivity index (χ1) is 13.6. The number of ether oxygens (including phenoxy) is 1. The highest BCUT2D eigenvalue weighted by molar-refractivity contribution is 5.89. The van der Waals surface area contributed by atoms with Gasteiger partial charge in [0.1, 0.15) is 11.6 Å². The standard InChI is InChI=1S/C21H27N5O2/c1-3-16-4-6-17(7-5-16)24-21(27)26-9-8-19-18(14-26)20(23-15(2)22-19)25-10-12-28-13-11-25/h4-7H,3,8-14H2,1-2H3,(H,24,27). The minimum absolute atomic E-state index is 0.0802. The number of aromatic nitrogens is 2. The highest BCUT2D eigenvalue weighted by atomic mass is 16.5. The summed E-state index contributed by atoms with van der Waals surface area (Å²) in [6.45, 7) is 8.28. The van der Waals surface area contributed by atoms with Gasteiger partial charge in [-0.1, -0.05) is 19.1 Å². The first-order valence-corrected chi connectivity index (χ1v) is 9.98. The van der Waals surface area contributed by atoms with E-state index >= 15 is 0 Å². The number of nitrogens with zero attached hydrogens (tertiary/aromatic N) is 4. The third-order valence-electron chi connectivity index (χ3n) is 5.36. The fourth-order valence-electron chi connectivity index (χ4n) is 3.75. The van der Waals surface area contributed by atoms with Crippen LogP contribution in [0.5, 0.6) is 0 Å². The van der Waals surface area contributed by atoms with Crippen molar-refractivity contribution >= 4 is 17.5 Å². The molecule has 2 aliphatic heterocycles. The predicted molar refractivity (Wildman–Crippen MR) is 109 cm³/mol. The molecule has 0 aliphatic carbocycles. The van der Waals surface area contributed by atoms with Crippen LogP contribution in [0.2, 0.25) is 0 Å². The van der Waals surface area contributed by atoms with Gasteiger partial charge in [-0.25, -0.2) is 14.8 Å². The number of aryl methyl sites for hydroxylation is 2. The zero-order valence-corrected chi connectivity index (χ0v) is 16.6. The molecule has 3 heterocycles. The maximum absolute atomic E-state index is 12.8. The van der Waals surface area contributed by atoms with Crippen LogP contribution in [0.25, 0.3) is 0 Å². The molecule has 0 saturated carbocycles. The maximum atomic E-state index is 12.8. The lowest BCUT2D eigenvalue weighted by Gasteiger charge is -2.34. The van der Waals surface area contributed by atoms with Crippen LogP contribution in [0, 0.1) is 6.92 Å². The fraction of sp³-hybridized carbons (Fsp3) is 0.476. The Balaban J connectivity index is 1.52. The molecule has 148 valence electrons. The lowest BCUT2D eigenvalue weighted by atomic mass is 10.1. The normalized spacial score (nSPS) is 16.6. The second-order valence-electron chi connectivity index (χ2n) is 7.27. The van der Waals surface area contributed by atoms with Gasteiger partial charge in [0.15, 0.2) is 0 Å². The van der Waals surface area contributed by atoms with Crippen LogP contribution < -0.4 is 10.2 Å². The molecular formula is C21H27N5O2. The summed E-state index contributed by atoms with van der Waals surface area (Å²) in [4.78, 5) is 26.3. The van der Waals surface area contributed by atoms with Crippen LogP contribution in [0.1, 0.15) is 29.6 Å². The van der Waals surface area contributed by atoms with E-state index in [-0.39, 0.29) is 6.03 Å². The van der Waals surface area contributed by atoms with Crippen LogP contribution in [0.3, 0.4) is 0 Å². The van der Waals surface area contributed by atoms with Gasteiger partial charge >= 0.3 is 6.03 Å². The molecule has 0 bridgehead atoms. The van der Waals surface area contributed by atoms with E-state index in [2.05, 4.69) is 22.1 Å². The number of fused-ring (bicyclic) bond motifs is 1. The molecule has 1 N–H and O–H groups in total. The van der Waals surface area contributed by atoms with Crippen LogP contribution in [0.4, 0.5) is 16.3 Å². The molecule has 2 aliphatic rings. The Morgan fingerprint density at radius 2 is 1.89 bits per heavy atom. The van der Waals surface area contributed by atoms with Crippen LogP contribution >= 0.6 is 0 Å². The van der Waals surface area contributed by atoms with Crippen molar-refractivity contribution in [3.05, 3.63) is 46.9 Å². The Morgan fingerprint density at radius 3 is 2.61 bits per heavy atom. The number of hydrogen-bond donors (Lipinski definition) is 1. The fourth-order valence-corrected chi connectivity index (χ4v) is 3.75. The van der Waals surface area contributed by atoms with E-state index in [1.54, 1.807) is 0 Å². The molecule has 0 atom stereocenters. The van der Waals surface area contributed by atoms with E-state index in [1.807, 2.05) is 36.1 Å². The topological polar surface area (TPSA) is 70.6 Å². The zero-order chi connectivity index (χ0) is 19.5. The highest BCUT2D eigenvalue weighted by Crippen LogP contribution is 2.27. The average Bonchev–Trinajstić information content (AvgIpc) is 2.74. The molecule has 1 aromatic carbocycles. The molecule has 7 nitrogen and oxygen atoms in total. The number of morpholine rings is 1. The van der Waals surface area contributed by atoms with Gasteiger partial charge in [0.2, 0.25) is 0 Å². The summed E-state index contributed by atoms with van der Waals surface area (Å²) < 4.78 is 5.48. The lowest BCUT2D eigenvalue weighted by Crippen LogP contribution is -2.42. The molecule has 4 rings (SSSR count). The molecule has 2 aromatic rings. The number of amides is 2. The van der Waals surface area contributed by atoms with E-state index in [0.717, 1.165) is 54.5 Å². The summed E-state index contributed by atoms with van der Waals surface area (Å²) >= 11 is 0. The monoisotopic (exact) mass is 381 g/mol. The molecule has 1 fully saturated rings. The third kappa shape index (κ3) is 3.94. The summed E-state index contributed by atoms with van der Waals surface area (Å²) in [5.41, 5.74) is 4.20. The van der Waals surface area contributed by atoms with E-state index in [4.69, 9.17) is 9.72 Å². The van der Waals surface area contributed by atoms with Crippen LogP contribution in [-0.4, -0.2) is 53.7 Å². The Bertz CT molecular complexity index is 847. The maximum Gasteiger partial charge on any atom is 0.322 e. The first kappa shape index (κ1) is 18.7. The van der Waals surface area contributed by atoms with Gasteiger partial charge in [0.05, 0.1) is 25.5 Å². The SMILES string of the molecule is CCc1ccc(NC(=O)N2CCc3nc(C)nc(N4CCOCC4)c3C2)cc1. The van der Waals surface area contributed by atoms with Crippen molar-refractivity contribution in [2.75, 3.05) is 43.1 Å². The van der Waals surface area contributed by atoms with Crippen molar-refractivity contribution in [1.82, 2.24) is 14.9 Å². The Hall–Kier alpha value is -2.67. The minimum atomic E-state index is -0.0802. The van der Waals surface area contributed by atoms with Gasteiger partial charge in [-0.15, -0.1) is 0 Å². The number of carbonyl (C=O) groups is 1. The van der Waals surface area contributed by atoms with Crippen molar-refractivity contribution in [2.45, 2.75) is 33.2 Å². The van der Waals surface area contributed by atoms with E-state index in [0.29, 0.717) is 26.3 Å². The molecule has 28 heavy (non-hydrogen) atoms. The number of carbonyl (C=O) groups excluding carboxylic acids is 1. The molecular weight excluding hydrogens is 354 g/mol. The second-order valence-corrected chi connectivity index (χ2v) is 7.27. The second kappa shape index (κ2) is 8.14. The van der Waals surface area contributed by atoms with Crippen LogP contribution in [-0.2, 0) is 24.1 Å². The largest absolute Gasteiger partial charge is 0.378 e. The smallest absolute Gasteiger partial charge is 0.322 e. The Labute approximate surface area is 165 Å². The molecule has 7 heteroatoms. The van der Waals surface area contributed by atoms with Gasteiger partial charge < -0.3 is 19.9 Å². The lowest BCUT2D eigenvalue weighted by molar-refractivity contribution is 0.122.